The minimum Gasteiger partial charge on any atom is -0.497 e. The fraction of sp³-hybridized carbons (Fsp3) is 0.235. The van der Waals surface area contributed by atoms with Gasteiger partial charge in [-0.25, -0.2) is 0 Å². The normalized spacial score (nSPS) is 11.7. The first-order valence-electron chi connectivity index (χ1n) is 6.67. The summed E-state index contributed by atoms with van der Waals surface area (Å²) in [7, 11) is 1.64. The molecule has 1 unspecified atom stereocenters. The van der Waals surface area contributed by atoms with Crippen LogP contribution in [0.15, 0.2) is 36.4 Å². The van der Waals surface area contributed by atoms with Crippen molar-refractivity contribution in [3.05, 3.63) is 42.0 Å². The zero-order chi connectivity index (χ0) is 15.2. The smallest absolute Gasteiger partial charge is 0.238 e. The average molecular weight is 282 g/mol. The number of hydrogen-bond donors (Lipinski definition) is 2. The maximum Gasteiger partial charge on any atom is 0.238 e. The van der Waals surface area contributed by atoms with Gasteiger partial charge in [-0.3, -0.25) is 4.79 Å². The molecule has 4 nitrogen and oxygen atoms in total. The molecule has 108 valence electrons. The zero-order valence-corrected chi connectivity index (χ0v) is 11.9. The van der Waals surface area contributed by atoms with Crippen LogP contribution < -0.4 is 15.8 Å². The molecule has 0 aromatic heterocycles. The van der Waals surface area contributed by atoms with Crippen molar-refractivity contribution in [2.45, 2.75) is 19.0 Å². The summed E-state index contributed by atoms with van der Waals surface area (Å²) in [4.78, 5) is 11.7. The Hall–Kier alpha value is -2.51. The fourth-order valence-electron chi connectivity index (χ4n) is 2.05. The summed E-state index contributed by atoms with van der Waals surface area (Å²) >= 11 is 0. The first-order valence-corrected chi connectivity index (χ1v) is 6.67. The fourth-order valence-corrected chi connectivity index (χ4v) is 2.05. The van der Waals surface area contributed by atoms with E-state index in [1.165, 1.54) is 0 Å². The van der Waals surface area contributed by atoms with Gasteiger partial charge in [-0.2, -0.15) is 0 Å². The number of amides is 1. The van der Waals surface area contributed by atoms with Crippen molar-refractivity contribution in [3.8, 4) is 18.1 Å². The van der Waals surface area contributed by atoms with Crippen molar-refractivity contribution in [1.82, 2.24) is 5.32 Å². The van der Waals surface area contributed by atoms with E-state index in [4.69, 9.17) is 16.9 Å². The summed E-state index contributed by atoms with van der Waals surface area (Å²) in [6.45, 7) is 0.430. The van der Waals surface area contributed by atoms with Gasteiger partial charge in [0, 0.05) is 13.0 Å². The molecule has 0 radical (unpaired) electrons. The minimum atomic E-state index is -0.653. The van der Waals surface area contributed by atoms with Gasteiger partial charge >= 0.3 is 0 Å². The van der Waals surface area contributed by atoms with Crippen molar-refractivity contribution in [1.29, 1.82) is 0 Å². The summed E-state index contributed by atoms with van der Waals surface area (Å²) in [5, 5.41) is 4.97. The molecule has 0 saturated carbocycles. The minimum absolute atomic E-state index is 0.234. The number of ether oxygens (including phenoxy) is 1. The van der Waals surface area contributed by atoms with Crippen molar-refractivity contribution < 1.29 is 9.53 Å². The predicted molar refractivity (Wildman–Crippen MR) is 83.8 cm³/mol. The maximum absolute atomic E-state index is 11.7. The Balaban J connectivity index is 2.06. The molecule has 0 spiro atoms. The molecule has 0 saturated heterocycles. The summed E-state index contributed by atoms with van der Waals surface area (Å²) in [6, 6.07) is 11.2. The van der Waals surface area contributed by atoms with Gasteiger partial charge in [-0.05, 0) is 34.5 Å². The molecule has 0 fully saturated rings. The van der Waals surface area contributed by atoms with Gasteiger partial charge in [-0.15, -0.1) is 12.3 Å². The SMILES string of the molecule is C#CCC(N)C(=O)NCc1ccc2cc(OC)ccc2c1. The zero-order valence-electron chi connectivity index (χ0n) is 11.9. The second kappa shape index (κ2) is 6.78. The molecule has 1 atom stereocenters. The molecule has 0 aliphatic heterocycles. The largest absolute Gasteiger partial charge is 0.497 e. The van der Waals surface area contributed by atoms with Crippen LogP contribution in [0.5, 0.6) is 5.75 Å². The van der Waals surface area contributed by atoms with E-state index in [9.17, 15) is 4.79 Å². The van der Waals surface area contributed by atoms with E-state index in [0.717, 1.165) is 22.1 Å². The van der Waals surface area contributed by atoms with Crippen LogP contribution in [0, 0.1) is 12.3 Å². The highest BCUT2D eigenvalue weighted by Crippen LogP contribution is 2.21. The van der Waals surface area contributed by atoms with Crippen LogP contribution in [-0.4, -0.2) is 19.1 Å². The molecular weight excluding hydrogens is 264 g/mol. The van der Waals surface area contributed by atoms with E-state index < -0.39 is 6.04 Å². The van der Waals surface area contributed by atoms with Gasteiger partial charge in [0.2, 0.25) is 5.91 Å². The van der Waals surface area contributed by atoms with E-state index in [2.05, 4.69) is 11.2 Å². The van der Waals surface area contributed by atoms with Crippen molar-refractivity contribution in [2.75, 3.05) is 7.11 Å². The third-order valence-corrected chi connectivity index (χ3v) is 3.25. The number of nitrogens with two attached hydrogens (primary N) is 1. The topological polar surface area (TPSA) is 64.4 Å². The number of hydrogen-bond acceptors (Lipinski definition) is 3. The molecule has 0 bridgehead atoms. The molecular formula is C17H18N2O2. The Morgan fingerprint density at radius 2 is 2.05 bits per heavy atom. The number of carbonyl (C=O) groups is 1. The summed E-state index contributed by atoms with van der Waals surface area (Å²) in [5.74, 6) is 2.97. The Labute approximate surface area is 124 Å². The Bertz CT molecular complexity index is 689. The summed E-state index contributed by atoms with van der Waals surface area (Å²) in [5.41, 5.74) is 6.65. The van der Waals surface area contributed by atoms with Gasteiger partial charge < -0.3 is 15.8 Å². The summed E-state index contributed by atoms with van der Waals surface area (Å²) < 4.78 is 5.19. The third-order valence-electron chi connectivity index (χ3n) is 3.25. The molecule has 0 aliphatic rings. The molecule has 2 aromatic rings. The maximum atomic E-state index is 11.7. The lowest BCUT2D eigenvalue weighted by atomic mass is 10.1. The van der Waals surface area contributed by atoms with E-state index in [1.54, 1.807) is 7.11 Å². The Kier molecular flexibility index (Phi) is 4.81. The highest BCUT2D eigenvalue weighted by molar-refractivity contribution is 5.85. The summed E-state index contributed by atoms with van der Waals surface area (Å²) in [6.07, 6.45) is 5.38. The number of carbonyl (C=O) groups excluding carboxylic acids is 1. The average Bonchev–Trinajstić information content (AvgIpc) is 2.52. The number of benzene rings is 2. The van der Waals surface area contributed by atoms with Crippen LogP contribution in [0.25, 0.3) is 10.8 Å². The molecule has 1 amide bonds. The number of methoxy groups -OCH3 is 1. The van der Waals surface area contributed by atoms with Crippen LogP contribution in [0.4, 0.5) is 0 Å². The monoisotopic (exact) mass is 282 g/mol. The Morgan fingerprint density at radius 1 is 1.33 bits per heavy atom. The van der Waals surface area contributed by atoms with Gasteiger partial charge in [0.25, 0.3) is 0 Å². The molecule has 2 rings (SSSR count). The predicted octanol–water partition coefficient (Wildman–Crippen LogP) is 1.82. The van der Waals surface area contributed by atoms with E-state index in [1.807, 2.05) is 36.4 Å². The number of rotatable bonds is 5. The molecule has 0 aliphatic carbocycles. The van der Waals surface area contributed by atoms with Crippen molar-refractivity contribution in [3.63, 3.8) is 0 Å². The Morgan fingerprint density at radius 3 is 2.76 bits per heavy atom. The molecule has 3 N–H and O–H groups in total. The van der Waals surface area contributed by atoms with Crippen molar-refractivity contribution in [2.24, 2.45) is 5.73 Å². The molecule has 0 heterocycles. The van der Waals surface area contributed by atoms with E-state index in [0.29, 0.717) is 6.54 Å². The quantitative estimate of drug-likeness (QED) is 0.822. The number of fused-ring (bicyclic) bond motifs is 1. The first-order chi connectivity index (χ1) is 10.1. The third kappa shape index (κ3) is 3.74. The first kappa shape index (κ1) is 14.9. The second-order valence-corrected chi connectivity index (χ2v) is 4.78. The highest BCUT2D eigenvalue weighted by atomic mass is 16.5. The second-order valence-electron chi connectivity index (χ2n) is 4.78. The number of terminal acetylenes is 1. The lowest BCUT2D eigenvalue weighted by Gasteiger charge is -2.10. The van der Waals surface area contributed by atoms with Crippen LogP contribution in [-0.2, 0) is 11.3 Å². The number of nitrogens with one attached hydrogen (secondary N) is 1. The van der Waals surface area contributed by atoms with Crippen LogP contribution in [0.2, 0.25) is 0 Å². The lowest BCUT2D eigenvalue weighted by molar-refractivity contribution is -0.122. The standard InChI is InChI=1S/C17H18N2O2/c1-3-4-16(18)17(20)19-11-12-5-6-14-10-15(21-2)8-7-13(14)9-12/h1,5-10,16H,4,11,18H2,2H3,(H,19,20). The van der Waals surface area contributed by atoms with Gasteiger partial charge in [0.1, 0.15) is 5.75 Å². The van der Waals surface area contributed by atoms with Gasteiger partial charge in [-0.1, -0.05) is 18.2 Å². The van der Waals surface area contributed by atoms with Crippen LogP contribution in [0.3, 0.4) is 0 Å². The van der Waals surface area contributed by atoms with Crippen molar-refractivity contribution >= 4 is 16.7 Å². The lowest BCUT2D eigenvalue weighted by Crippen LogP contribution is -2.39. The van der Waals surface area contributed by atoms with Gasteiger partial charge in [0.15, 0.2) is 0 Å². The van der Waals surface area contributed by atoms with E-state index >= 15 is 0 Å². The van der Waals surface area contributed by atoms with Gasteiger partial charge in [0.05, 0.1) is 13.2 Å². The molecule has 4 heteroatoms. The van der Waals surface area contributed by atoms with E-state index in [-0.39, 0.29) is 12.3 Å². The van der Waals surface area contributed by atoms with Crippen LogP contribution >= 0.6 is 0 Å². The highest BCUT2D eigenvalue weighted by Gasteiger charge is 2.11. The molecule has 21 heavy (non-hydrogen) atoms. The molecule has 2 aromatic carbocycles. The van der Waals surface area contributed by atoms with Crippen LogP contribution in [0.1, 0.15) is 12.0 Å².